The van der Waals surface area contributed by atoms with Crippen LogP contribution in [0.15, 0.2) is 36.0 Å². The van der Waals surface area contributed by atoms with Gasteiger partial charge in [0.2, 0.25) is 5.95 Å². The first-order valence-electron chi connectivity index (χ1n) is 7.82. The lowest BCUT2D eigenvalue weighted by atomic mass is 10.1. The predicted molar refractivity (Wildman–Crippen MR) is 95.8 cm³/mol. The molecular formula is C17H18N4O3S. The Balaban J connectivity index is 1.82. The van der Waals surface area contributed by atoms with E-state index >= 15 is 0 Å². The number of ether oxygens (including phenoxy) is 2. The van der Waals surface area contributed by atoms with E-state index in [1.807, 2.05) is 23.6 Å². The highest BCUT2D eigenvalue weighted by Gasteiger charge is 2.18. The van der Waals surface area contributed by atoms with Crippen molar-refractivity contribution in [2.45, 2.75) is 13.0 Å². The number of fused-ring (bicyclic) bond motifs is 1. The lowest BCUT2D eigenvalue weighted by Crippen LogP contribution is -2.17. The zero-order valence-electron chi connectivity index (χ0n) is 13.9. The Morgan fingerprint density at radius 2 is 2.24 bits per heavy atom. The van der Waals surface area contributed by atoms with E-state index < -0.39 is 5.97 Å². The highest BCUT2D eigenvalue weighted by atomic mass is 32.1. The van der Waals surface area contributed by atoms with Gasteiger partial charge in [-0.25, -0.2) is 14.8 Å². The molecule has 0 aliphatic heterocycles. The van der Waals surface area contributed by atoms with Gasteiger partial charge >= 0.3 is 5.97 Å². The van der Waals surface area contributed by atoms with E-state index in [4.69, 9.17) is 9.47 Å². The molecule has 0 radical (unpaired) electrons. The van der Waals surface area contributed by atoms with Crippen LogP contribution in [0.4, 0.5) is 5.95 Å². The van der Waals surface area contributed by atoms with Crippen molar-refractivity contribution < 1.29 is 14.3 Å². The summed E-state index contributed by atoms with van der Waals surface area (Å²) in [4.78, 5) is 25.0. The van der Waals surface area contributed by atoms with Crippen molar-refractivity contribution in [3.63, 3.8) is 0 Å². The van der Waals surface area contributed by atoms with Gasteiger partial charge in [-0.05, 0) is 24.4 Å². The van der Waals surface area contributed by atoms with Crippen LogP contribution in [0.25, 0.3) is 10.2 Å². The summed E-state index contributed by atoms with van der Waals surface area (Å²) in [6.45, 7) is 2.51. The van der Waals surface area contributed by atoms with Gasteiger partial charge in [-0.15, -0.1) is 11.3 Å². The number of nitrogens with one attached hydrogen (secondary N) is 1. The minimum absolute atomic E-state index is 0.207. The van der Waals surface area contributed by atoms with E-state index in [1.54, 1.807) is 26.4 Å². The Kier molecular flexibility index (Phi) is 5.52. The first-order valence-corrected chi connectivity index (χ1v) is 8.69. The van der Waals surface area contributed by atoms with Crippen LogP contribution in [0.5, 0.6) is 0 Å². The Morgan fingerprint density at radius 3 is 2.96 bits per heavy atom. The van der Waals surface area contributed by atoms with Crippen molar-refractivity contribution in [1.29, 1.82) is 0 Å². The van der Waals surface area contributed by atoms with Gasteiger partial charge in [0, 0.05) is 31.6 Å². The van der Waals surface area contributed by atoms with E-state index in [0.717, 1.165) is 10.3 Å². The number of nitrogens with zero attached hydrogens (tertiary/aromatic N) is 3. The summed E-state index contributed by atoms with van der Waals surface area (Å²) in [5.41, 5.74) is 1.93. The van der Waals surface area contributed by atoms with Crippen LogP contribution in [-0.2, 0) is 9.47 Å². The van der Waals surface area contributed by atoms with Crippen LogP contribution in [0, 0.1) is 0 Å². The first kappa shape index (κ1) is 17.2. The van der Waals surface area contributed by atoms with Crippen LogP contribution >= 0.6 is 11.3 Å². The predicted octanol–water partition coefficient (Wildman–Crippen LogP) is 3.06. The molecule has 0 saturated carbocycles. The van der Waals surface area contributed by atoms with Crippen LogP contribution in [0.2, 0.25) is 0 Å². The minimum atomic E-state index is -0.448. The number of anilines is 1. The molecule has 1 N–H and O–H groups in total. The molecule has 3 heterocycles. The minimum Gasteiger partial charge on any atom is -0.461 e. The van der Waals surface area contributed by atoms with Crippen molar-refractivity contribution in [2.75, 3.05) is 25.6 Å². The fourth-order valence-electron chi connectivity index (χ4n) is 2.37. The largest absolute Gasteiger partial charge is 0.461 e. The third kappa shape index (κ3) is 3.92. The van der Waals surface area contributed by atoms with Crippen molar-refractivity contribution in [2.24, 2.45) is 0 Å². The van der Waals surface area contributed by atoms with Crippen LogP contribution in [0.3, 0.4) is 0 Å². The summed E-state index contributed by atoms with van der Waals surface area (Å²) in [7, 11) is 1.63. The topological polar surface area (TPSA) is 86.2 Å². The maximum Gasteiger partial charge on any atom is 0.358 e. The molecule has 0 unspecified atom stereocenters. The van der Waals surface area contributed by atoms with Crippen molar-refractivity contribution in [3.8, 4) is 0 Å². The van der Waals surface area contributed by atoms with Gasteiger partial charge in [0.25, 0.3) is 0 Å². The normalized spacial score (nSPS) is 12.1. The second-order valence-corrected chi connectivity index (χ2v) is 6.06. The summed E-state index contributed by atoms with van der Waals surface area (Å²) in [5, 5.41) is 5.01. The summed E-state index contributed by atoms with van der Waals surface area (Å²) >= 11 is 1.42. The zero-order chi connectivity index (χ0) is 17.6. The van der Waals surface area contributed by atoms with E-state index in [1.165, 1.54) is 11.3 Å². The zero-order valence-corrected chi connectivity index (χ0v) is 14.7. The molecule has 0 aliphatic carbocycles. The van der Waals surface area contributed by atoms with E-state index in [0.29, 0.717) is 24.6 Å². The Labute approximate surface area is 149 Å². The van der Waals surface area contributed by atoms with Gasteiger partial charge in [0.1, 0.15) is 6.10 Å². The third-order valence-electron chi connectivity index (χ3n) is 3.56. The molecule has 130 valence electrons. The van der Waals surface area contributed by atoms with E-state index in [2.05, 4.69) is 20.3 Å². The number of carbonyl (C=O) groups excluding carboxylic acids is 1. The standard InChI is InChI=1S/C17H18N4O3S/c1-3-24-16(22)14-15-12(6-8-25-15)20-17(21-14)19-10-13(23-2)11-5-4-7-18-9-11/h4-9,13H,3,10H2,1-2H3,(H,19,20,21)/t13-/m0/s1. The number of hydrogen-bond acceptors (Lipinski definition) is 8. The molecule has 0 bridgehead atoms. The number of aromatic nitrogens is 3. The maximum absolute atomic E-state index is 12.2. The number of carbonyl (C=O) groups is 1. The second kappa shape index (κ2) is 8.00. The molecule has 1 atom stereocenters. The van der Waals surface area contributed by atoms with E-state index in [9.17, 15) is 4.79 Å². The Bertz CT molecular complexity index is 853. The number of rotatable bonds is 7. The smallest absolute Gasteiger partial charge is 0.358 e. The molecule has 0 aromatic carbocycles. The lowest BCUT2D eigenvalue weighted by molar-refractivity contribution is 0.0522. The number of methoxy groups -OCH3 is 1. The molecule has 3 rings (SSSR count). The molecule has 8 heteroatoms. The lowest BCUT2D eigenvalue weighted by Gasteiger charge is -2.16. The monoisotopic (exact) mass is 358 g/mol. The number of esters is 1. The highest BCUT2D eigenvalue weighted by Crippen LogP contribution is 2.24. The molecule has 3 aromatic rings. The molecule has 0 saturated heterocycles. The molecular weight excluding hydrogens is 340 g/mol. The molecule has 0 spiro atoms. The fraction of sp³-hybridized carbons (Fsp3) is 0.294. The van der Waals surface area contributed by atoms with Gasteiger partial charge in [-0.3, -0.25) is 4.98 Å². The summed E-state index contributed by atoms with van der Waals surface area (Å²) in [5.74, 6) is -0.0872. The van der Waals surface area contributed by atoms with Gasteiger partial charge < -0.3 is 14.8 Å². The molecule has 7 nitrogen and oxygen atoms in total. The molecule has 0 fully saturated rings. The highest BCUT2D eigenvalue weighted by molar-refractivity contribution is 7.17. The van der Waals surface area contributed by atoms with Crippen LogP contribution in [0.1, 0.15) is 29.1 Å². The van der Waals surface area contributed by atoms with Crippen LogP contribution in [-0.4, -0.2) is 41.2 Å². The average molecular weight is 358 g/mol. The number of thiophene rings is 1. The molecule has 3 aromatic heterocycles. The molecule has 25 heavy (non-hydrogen) atoms. The second-order valence-electron chi connectivity index (χ2n) is 5.14. The van der Waals surface area contributed by atoms with Crippen LogP contribution < -0.4 is 5.32 Å². The van der Waals surface area contributed by atoms with Gasteiger partial charge in [0.05, 0.1) is 16.8 Å². The maximum atomic E-state index is 12.2. The Morgan fingerprint density at radius 1 is 1.36 bits per heavy atom. The van der Waals surface area contributed by atoms with Crippen molar-refractivity contribution >= 4 is 33.5 Å². The van der Waals surface area contributed by atoms with Gasteiger partial charge in [-0.2, -0.15) is 0 Å². The summed E-state index contributed by atoms with van der Waals surface area (Å²) in [6.07, 6.45) is 3.26. The van der Waals surface area contributed by atoms with Crippen molar-refractivity contribution in [1.82, 2.24) is 15.0 Å². The van der Waals surface area contributed by atoms with Crippen molar-refractivity contribution in [3.05, 3.63) is 47.2 Å². The summed E-state index contributed by atoms with van der Waals surface area (Å²) < 4.78 is 11.3. The summed E-state index contributed by atoms with van der Waals surface area (Å²) in [6, 6.07) is 5.65. The van der Waals surface area contributed by atoms with Gasteiger partial charge in [0.15, 0.2) is 5.69 Å². The SMILES string of the molecule is CCOC(=O)c1nc(NC[C@H](OC)c2cccnc2)nc2ccsc12. The third-order valence-corrected chi connectivity index (χ3v) is 4.47. The number of hydrogen-bond donors (Lipinski definition) is 1. The average Bonchev–Trinajstić information content (AvgIpc) is 3.11. The fourth-order valence-corrected chi connectivity index (χ4v) is 3.18. The Hall–Kier alpha value is -2.58. The molecule has 0 aliphatic rings. The number of pyridine rings is 1. The molecule has 0 amide bonds. The first-order chi connectivity index (χ1) is 12.2. The van der Waals surface area contributed by atoms with Gasteiger partial charge in [-0.1, -0.05) is 6.07 Å². The van der Waals surface area contributed by atoms with E-state index in [-0.39, 0.29) is 11.8 Å². The quantitative estimate of drug-likeness (QED) is 0.650.